The van der Waals surface area contributed by atoms with E-state index in [4.69, 9.17) is 10.5 Å². The van der Waals surface area contributed by atoms with Crippen LogP contribution in [0.1, 0.15) is 0 Å². The van der Waals surface area contributed by atoms with E-state index in [1.54, 1.807) is 18.2 Å². The summed E-state index contributed by atoms with van der Waals surface area (Å²) < 4.78 is 33.8. The molecule has 8 heteroatoms. The summed E-state index contributed by atoms with van der Waals surface area (Å²) in [6.45, 7) is 1.57. The number of rotatable bonds is 3. The molecule has 1 heterocycles. The number of anilines is 2. The van der Waals surface area contributed by atoms with Crippen molar-refractivity contribution in [2.24, 2.45) is 0 Å². The van der Waals surface area contributed by atoms with Crippen molar-refractivity contribution in [2.45, 2.75) is 0 Å². The highest BCUT2D eigenvalue weighted by Crippen LogP contribution is 2.26. The van der Waals surface area contributed by atoms with Crippen LogP contribution < -0.4 is 10.5 Å². The molecule has 1 saturated heterocycles. The van der Waals surface area contributed by atoms with Crippen LogP contribution in [-0.2, 0) is 14.9 Å². The minimum Gasteiger partial charge on any atom is -0.399 e. The van der Waals surface area contributed by atoms with Crippen LogP contribution in [0.3, 0.4) is 0 Å². The standard InChI is InChI=1S/C10H14BrN3O3S/c11-9-7-8(12)1-2-10(9)13-18(15,16)14-3-5-17-6-4-14/h1-2,7,13H,3-6,12H2. The number of nitrogens with zero attached hydrogens (tertiary/aromatic N) is 1. The zero-order chi connectivity index (χ0) is 13.2. The summed E-state index contributed by atoms with van der Waals surface area (Å²) in [5.41, 5.74) is 6.63. The molecule has 1 fully saturated rings. The molecule has 18 heavy (non-hydrogen) atoms. The quantitative estimate of drug-likeness (QED) is 0.807. The highest BCUT2D eigenvalue weighted by atomic mass is 79.9. The molecule has 0 bridgehead atoms. The number of halogens is 1. The number of ether oxygens (including phenoxy) is 1. The van der Waals surface area contributed by atoms with Gasteiger partial charge in [0, 0.05) is 23.2 Å². The molecule has 1 aliphatic rings. The summed E-state index contributed by atoms with van der Waals surface area (Å²) in [4.78, 5) is 0. The summed E-state index contributed by atoms with van der Waals surface area (Å²) in [5.74, 6) is 0. The van der Waals surface area contributed by atoms with Gasteiger partial charge in [-0.05, 0) is 34.1 Å². The van der Waals surface area contributed by atoms with Gasteiger partial charge in [0.15, 0.2) is 0 Å². The lowest BCUT2D eigenvalue weighted by molar-refractivity contribution is 0.0733. The predicted octanol–water partition coefficient (Wildman–Crippen LogP) is 1.02. The highest BCUT2D eigenvalue weighted by Gasteiger charge is 2.24. The molecule has 6 nitrogen and oxygen atoms in total. The maximum atomic E-state index is 12.1. The van der Waals surface area contributed by atoms with E-state index in [0.29, 0.717) is 42.2 Å². The van der Waals surface area contributed by atoms with Gasteiger partial charge in [-0.25, -0.2) is 0 Å². The molecule has 0 aromatic heterocycles. The van der Waals surface area contributed by atoms with Gasteiger partial charge in [0.25, 0.3) is 0 Å². The Morgan fingerprint density at radius 1 is 1.33 bits per heavy atom. The van der Waals surface area contributed by atoms with Crippen LogP contribution in [0.4, 0.5) is 11.4 Å². The molecule has 3 N–H and O–H groups in total. The first-order valence-corrected chi connectivity index (χ1v) is 7.63. The summed E-state index contributed by atoms with van der Waals surface area (Å²) >= 11 is 3.27. The van der Waals surface area contributed by atoms with Gasteiger partial charge >= 0.3 is 10.2 Å². The van der Waals surface area contributed by atoms with Gasteiger partial charge in [0.05, 0.1) is 18.9 Å². The van der Waals surface area contributed by atoms with Gasteiger partial charge in [-0.15, -0.1) is 0 Å². The number of hydrogen-bond donors (Lipinski definition) is 2. The van der Waals surface area contributed by atoms with Crippen LogP contribution in [0, 0.1) is 0 Å². The maximum Gasteiger partial charge on any atom is 0.301 e. The SMILES string of the molecule is Nc1ccc(NS(=O)(=O)N2CCOCC2)c(Br)c1. The van der Waals surface area contributed by atoms with E-state index in [1.165, 1.54) is 4.31 Å². The van der Waals surface area contributed by atoms with Crippen molar-refractivity contribution in [3.8, 4) is 0 Å². The second-order valence-electron chi connectivity index (χ2n) is 3.86. The van der Waals surface area contributed by atoms with Gasteiger partial charge in [-0.2, -0.15) is 12.7 Å². The summed E-state index contributed by atoms with van der Waals surface area (Å²) in [5, 5.41) is 0. The van der Waals surface area contributed by atoms with Crippen molar-refractivity contribution in [3.63, 3.8) is 0 Å². The molecule has 1 aromatic carbocycles. The average molecular weight is 336 g/mol. The fourth-order valence-corrected chi connectivity index (χ4v) is 3.45. The van der Waals surface area contributed by atoms with E-state index in [2.05, 4.69) is 20.7 Å². The molecule has 0 aliphatic carbocycles. The van der Waals surface area contributed by atoms with Crippen LogP contribution in [0.15, 0.2) is 22.7 Å². The first-order valence-electron chi connectivity index (χ1n) is 5.40. The van der Waals surface area contributed by atoms with Crippen molar-refractivity contribution in [2.75, 3.05) is 36.8 Å². The number of nitrogens with two attached hydrogens (primary N) is 1. The van der Waals surface area contributed by atoms with Crippen LogP contribution in [0.25, 0.3) is 0 Å². The number of nitrogen functional groups attached to an aromatic ring is 1. The second-order valence-corrected chi connectivity index (χ2v) is 6.38. The van der Waals surface area contributed by atoms with Gasteiger partial charge in [0.1, 0.15) is 0 Å². The first kappa shape index (κ1) is 13.6. The fraction of sp³-hybridized carbons (Fsp3) is 0.400. The second kappa shape index (κ2) is 5.43. The maximum absolute atomic E-state index is 12.1. The average Bonchev–Trinajstić information content (AvgIpc) is 2.34. The molecule has 1 aliphatic heterocycles. The Morgan fingerprint density at radius 2 is 2.00 bits per heavy atom. The molecule has 0 atom stereocenters. The zero-order valence-electron chi connectivity index (χ0n) is 9.60. The third kappa shape index (κ3) is 3.14. The van der Waals surface area contributed by atoms with Crippen LogP contribution >= 0.6 is 15.9 Å². The smallest absolute Gasteiger partial charge is 0.301 e. The Labute approximate surface area is 114 Å². The normalized spacial score (nSPS) is 17.6. The van der Waals surface area contributed by atoms with Gasteiger partial charge in [0.2, 0.25) is 0 Å². The van der Waals surface area contributed by atoms with Crippen LogP contribution in [-0.4, -0.2) is 39.0 Å². The van der Waals surface area contributed by atoms with Gasteiger partial charge in [-0.3, -0.25) is 4.72 Å². The topological polar surface area (TPSA) is 84.7 Å². The lowest BCUT2D eigenvalue weighted by Crippen LogP contribution is -2.43. The minimum absolute atomic E-state index is 0.363. The molecule has 1 aromatic rings. The Kier molecular flexibility index (Phi) is 4.10. The van der Waals surface area contributed by atoms with E-state index < -0.39 is 10.2 Å². The number of hydrogen-bond acceptors (Lipinski definition) is 4. The largest absolute Gasteiger partial charge is 0.399 e. The van der Waals surface area contributed by atoms with Crippen molar-refractivity contribution in [1.82, 2.24) is 4.31 Å². The monoisotopic (exact) mass is 335 g/mol. The Hall–Kier alpha value is -0.830. The van der Waals surface area contributed by atoms with Crippen molar-refractivity contribution in [1.29, 1.82) is 0 Å². The van der Waals surface area contributed by atoms with Crippen LogP contribution in [0.2, 0.25) is 0 Å². The first-order chi connectivity index (χ1) is 8.49. The molecular formula is C10H14BrN3O3S. The summed E-state index contributed by atoms with van der Waals surface area (Å²) in [6, 6.07) is 4.91. The molecule has 0 saturated carbocycles. The fourth-order valence-electron chi connectivity index (χ4n) is 1.60. The number of benzene rings is 1. The molecule has 0 amide bonds. The highest BCUT2D eigenvalue weighted by molar-refractivity contribution is 9.10. The third-order valence-corrected chi connectivity index (χ3v) is 4.72. The Balaban J connectivity index is 2.16. The molecular weight excluding hydrogens is 322 g/mol. The van der Waals surface area contributed by atoms with E-state index in [0.717, 1.165) is 0 Å². The van der Waals surface area contributed by atoms with E-state index >= 15 is 0 Å². The van der Waals surface area contributed by atoms with E-state index in [9.17, 15) is 8.42 Å². The van der Waals surface area contributed by atoms with E-state index in [1.807, 2.05) is 0 Å². The lowest BCUT2D eigenvalue weighted by Gasteiger charge is -2.26. The lowest BCUT2D eigenvalue weighted by atomic mass is 10.3. The van der Waals surface area contributed by atoms with Gasteiger partial charge in [-0.1, -0.05) is 0 Å². The zero-order valence-corrected chi connectivity index (χ0v) is 12.0. The molecule has 2 rings (SSSR count). The van der Waals surface area contributed by atoms with Crippen molar-refractivity contribution in [3.05, 3.63) is 22.7 Å². The van der Waals surface area contributed by atoms with Crippen molar-refractivity contribution >= 4 is 37.5 Å². The van der Waals surface area contributed by atoms with Crippen LogP contribution in [0.5, 0.6) is 0 Å². The minimum atomic E-state index is -3.54. The molecule has 0 unspecified atom stereocenters. The molecule has 0 spiro atoms. The van der Waals surface area contributed by atoms with Crippen molar-refractivity contribution < 1.29 is 13.2 Å². The third-order valence-electron chi connectivity index (χ3n) is 2.54. The summed E-state index contributed by atoms with van der Waals surface area (Å²) in [7, 11) is -3.54. The molecule has 100 valence electrons. The summed E-state index contributed by atoms with van der Waals surface area (Å²) in [6.07, 6.45) is 0. The van der Waals surface area contributed by atoms with E-state index in [-0.39, 0.29) is 0 Å². The Bertz CT molecular complexity index is 529. The number of morpholine rings is 1. The Morgan fingerprint density at radius 3 is 2.61 bits per heavy atom. The molecule has 0 radical (unpaired) electrons. The number of nitrogens with one attached hydrogen (secondary N) is 1. The predicted molar refractivity (Wildman–Crippen MR) is 73.5 cm³/mol. The van der Waals surface area contributed by atoms with Gasteiger partial charge < -0.3 is 10.5 Å².